The number of halogens is 2. The molecule has 0 spiro atoms. The molecule has 1 fully saturated rings. The summed E-state index contributed by atoms with van der Waals surface area (Å²) in [6.45, 7) is 4.02. The van der Waals surface area contributed by atoms with Gasteiger partial charge in [-0.2, -0.15) is 0 Å². The molecule has 3 nitrogen and oxygen atoms in total. The van der Waals surface area contributed by atoms with Gasteiger partial charge in [0.1, 0.15) is 5.83 Å². The number of fused-ring (bicyclic) bond motifs is 1. The standard InChI is InChI=1S/C17H21ClFNO2/c1-9-3-6-14(11(7-9)8-15(21)22)20-16-13(19)5-4-12-10(2)17(12,16)18/h4-5,7,10,12,15,20-22H,3,6,8H2,1-2H3/t10-,12?,17?/m0/s1. The van der Waals surface area contributed by atoms with Crippen molar-refractivity contribution in [1.82, 2.24) is 5.32 Å². The fourth-order valence-electron chi connectivity index (χ4n) is 3.47. The van der Waals surface area contributed by atoms with E-state index in [9.17, 15) is 14.6 Å². The molecule has 120 valence electrons. The van der Waals surface area contributed by atoms with E-state index in [1.54, 1.807) is 0 Å². The molecular formula is C17H21ClFNO2. The third-order valence-electron chi connectivity index (χ3n) is 4.91. The third kappa shape index (κ3) is 2.53. The molecule has 3 aliphatic rings. The molecule has 3 N–H and O–H groups in total. The molecule has 22 heavy (non-hydrogen) atoms. The summed E-state index contributed by atoms with van der Waals surface area (Å²) in [7, 11) is 0. The molecule has 3 atom stereocenters. The molecule has 0 aromatic carbocycles. The van der Waals surface area contributed by atoms with Crippen molar-refractivity contribution >= 4 is 11.6 Å². The molecular weight excluding hydrogens is 305 g/mol. The number of nitrogens with one attached hydrogen (secondary N) is 1. The van der Waals surface area contributed by atoms with E-state index in [1.807, 2.05) is 26.0 Å². The minimum absolute atomic E-state index is 0.124. The zero-order valence-electron chi connectivity index (χ0n) is 12.7. The molecule has 0 aromatic heterocycles. The number of aliphatic hydroxyl groups excluding tert-OH is 1. The van der Waals surface area contributed by atoms with Crippen LogP contribution in [0.3, 0.4) is 0 Å². The highest BCUT2D eigenvalue weighted by molar-refractivity contribution is 6.29. The lowest BCUT2D eigenvalue weighted by molar-refractivity contribution is -0.0378. The largest absolute Gasteiger partial charge is 0.368 e. The first-order chi connectivity index (χ1) is 10.3. The van der Waals surface area contributed by atoms with Crippen LogP contribution < -0.4 is 5.32 Å². The molecule has 2 unspecified atom stereocenters. The summed E-state index contributed by atoms with van der Waals surface area (Å²) in [5.41, 5.74) is 3.23. The predicted octanol–water partition coefficient (Wildman–Crippen LogP) is 3.27. The van der Waals surface area contributed by atoms with E-state index in [4.69, 9.17) is 11.6 Å². The normalized spacial score (nSPS) is 34.0. The Morgan fingerprint density at radius 2 is 2.18 bits per heavy atom. The number of hydrogen-bond donors (Lipinski definition) is 3. The van der Waals surface area contributed by atoms with E-state index in [0.717, 1.165) is 24.1 Å². The number of hydrogen-bond acceptors (Lipinski definition) is 3. The van der Waals surface area contributed by atoms with E-state index in [2.05, 4.69) is 5.32 Å². The van der Waals surface area contributed by atoms with E-state index in [0.29, 0.717) is 5.70 Å². The molecule has 0 heterocycles. The molecule has 0 radical (unpaired) electrons. The smallest absolute Gasteiger partial charge is 0.155 e. The molecule has 0 saturated heterocycles. The van der Waals surface area contributed by atoms with E-state index >= 15 is 0 Å². The van der Waals surface area contributed by atoms with Gasteiger partial charge in [0, 0.05) is 18.0 Å². The Kier molecular flexibility index (Phi) is 3.96. The predicted molar refractivity (Wildman–Crippen MR) is 84.5 cm³/mol. The average Bonchev–Trinajstić information content (AvgIpc) is 2.97. The Hall–Kier alpha value is -1.10. The number of allylic oxidation sites excluding steroid dienone is 7. The van der Waals surface area contributed by atoms with Crippen LogP contribution in [0.1, 0.15) is 33.1 Å². The van der Waals surface area contributed by atoms with Crippen LogP contribution >= 0.6 is 11.6 Å². The molecule has 3 rings (SSSR count). The Morgan fingerprint density at radius 1 is 1.45 bits per heavy atom. The maximum absolute atomic E-state index is 14.3. The van der Waals surface area contributed by atoms with Gasteiger partial charge in [-0.05, 0) is 37.3 Å². The fourth-order valence-corrected chi connectivity index (χ4v) is 3.95. The first-order valence-electron chi connectivity index (χ1n) is 7.63. The maximum atomic E-state index is 14.3. The topological polar surface area (TPSA) is 52.5 Å². The number of aliphatic hydroxyl groups is 2. The van der Waals surface area contributed by atoms with E-state index in [-0.39, 0.29) is 24.1 Å². The van der Waals surface area contributed by atoms with Crippen LogP contribution in [0, 0.1) is 11.8 Å². The van der Waals surface area contributed by atoms with Gasteiger partial charge < -0.3 is 15.5 Å². The second kappa shape index (κ2) is 5.52. The SMILES string of the molecule is CC1=CC(CC(O)O)=C(NC2=C(F)C=CC3[C@H](C)C23Cl)CC1. The second-order valence-corrected chi connectivity index (χ2v) is 7.09. The van der Waals surface area contributed by atoms with Gasteiger partial charge in [0.05, 0.1) is 10.6 Å². The first-order valence-corrected chi connectivity index (χ1v) is 8.01. The van der Waals surface area contributed by atoms with Crippen LogP contribution in [0.4, 0.5) is 4.39 Å². The molecule has 0 bridgehead atoms. The maximum Gasteiger partial charge on any atom is 0.155 e. The van der Waals surface area contributed by atoms with Crippen LogP contribution in [0.5, 0.6) is 0 Å². The van der Waals surface area contributed by atoms with Gasteiger partial charge in [-0.3, -0.25) is 0 Å². The number of alkyl halides is 1. The van der Waals surface area contributed by atoms with Crippen molar-refractivity contribution in [2.75, 3.05) is 0 Å². The highest BCUT2D eigenvalue weighted by Crippen LogP contribution is 2.62. The second-order valence-electron chi connectivity index (χ2n) is 6.47. The summed E-state index contributed by atoms with van der Waals surface area (Å²) in [6.07, 6.45) is 5.54. The Bertz CT molecular complexity index is 620. The highest BCUT2D eigenvalue weighted by atomic mass is 35.5. The lowest BCUT2D eigenvalue weighted by atomic mass is 9.94. The zero-order valence-corrected chi connectivity index (χ0v) is 13.5. The monoisotopic (exact) mass is 325 g/mol. The third-order valence-corrected chi connectivity index (χ3v) is 5.69. The molecule has 5 heteroatoms. The summed E-state index contributed by atoms with van der Waals surface area (Å²) in [6, 6.07) is 0. The van der Waals surface area contributed by atoms with Gasteiger partial charge in [0.2, 0.25) is 0 Å². The molecule has 3 aliphatic carbocycles. The van der Waals surface area contributed by atoms with Crippen molar-refractivity contribution in [2.45, 2.75) is 44.3 Å². The van der Waals surface area contributed by atoms with Crippen molar-refractivity contribution in [3.63, 3.8) is 0 Å². The van der Waals surface area contributed by atoms with Crippen LogP contribution in [-0.2, 0) is 0 Å². The van der Waals surface area contributed by atoms with Crippen molar-refractivity contribution < 1.29 is 14.6 Å². The summed E-state index contributed by atoms with van der Waals surface area (Å²) < 4.78 is 14.3. The van der Waals surface area contributed by atoms with Gasteiger partial charge in [0.15, 0.2) is 6.29 Å². The quantitative estimate of drug-likeness (QED) is 0.549. The lowest BCUT2D eigenvalue weighted by Crippen LogP contribution is -2.28. The van der Waals surface area contributed by atoms with Crippen LogP contribution in [0.2, 0.25) is 0 Å². The van der Waals surface area contributed by atoms with Crippen molar-refractivity contribution in [3.8, 4) is 0 Å². The van der Waals surface area contributed by atoms with Crippen LogP contribution in [-0.4, -0.2) is 21.4 Å². The van der Waals surface area contributed by atoms with Crippen molar-refractivity contribution in [2.24, 2.45) is 11.8 Å². The molecule has 0 amide bonds. The van der Waals surface area contributed by atoms with Crippen LogP contribution in [0.25, 0.3) is 0 Å². The van der Waals surface area contributed by atoms with E-state index in [1.165, 1.54) is 11.6 Å². The summed E-state index contributed by atoms with van der Waals surface area (Å²) >= 11 is 6.61. The van der Waals surface area contributed by atoms with Gasteiger partial charge in [-0.15, -0.1) is 11.6 Å². The number of rotatable bonds is 4. The van der Waals surface area contributed by atoms with Crippen molar-refractivity contribution in [3.05, 3.63) is 46.6 Å². The summed E-state index contributed by atoms with van der Waals surface area (Å²) in [4.78, 5) is -0.690. The minimum atomic E-state index is -1.42. The summed E-state index contributed by atoms with van der Waals surface area (Å²) in [5, 5.41) is 21.7. The summed E-state index contributed by atoms with van der Waals surface area (Å²) in [5.74, 6) is 0.0114. The van der Waals surface area contributed by atoms with Gasteiger partial charge >= 0.3 is 0 Å². The molecule has 0 aliphatic heterocycles. The first kappa shape index (κ1) is 15.8. The van der Waals surface area contributed by atoms with Crippen molar-refractivity contribution in [1.29, 1.82) is 0 Å². The molecule has 1 saturated carbocycles. The average molecular weight is 326 g/mol. The molecule has 0 aromatic rings. The highest BCUT2D eigenvalue weighted by Gasteiger charge is 2.64. The van der Waals surface area contributed by atoms with Gasteiger partial charge in [-0.1, -0.05) is 24.6 Å². The lowest BCUT2D eigenvalue weighted by Gasteiger charge is -2.26. The Morgan fingerprint density at radius 3 is 2.86 bits per heavy atom. The van der Waals surface area contributed by atoms with Gasteiger partial charge in [-0.25, -0.2) is 4.39 Å². The zero-order chi connectivity index (χ0) is 16.1. The van der Waals surface area contributed by atoms with E-state index < -0.39 is 11.2 Å². The van der Waals surface area contributed by atoms with Gasteiger partial charge in [0.25, 0.3) is 0 Å². The Balaban J connectivity index is 1.92. The van der Waals surface area contributed by atoms with Crippen LogP contribution in [0.15, 0.2) is 46.6 Å². The Labute approximate surface area is 134 Å². The minimum Gasteiger partial charge on any atom is -0.368 e. The fraction of sp³-hybridized carbons (Fsp3) is 0.529.